The van der Waals surface area contributed by atoms with E-state index in [1.54, 1.807) is 0 Å². The van der Waals surface area contributed by atoms with Gasteiger partial charge in [0.15, 0.2) is 0 Å². The Morgan fingerprint density at radius 2 is 1.20 bits per heavy atom. The van der Waals surface area contributed by atoms with Gasteiger partial charge in [-0.1, -0.05) is 52.4 Å². The lowest BCUT2D eigenvalue weighted by Gasteiger charge is -2.35. The highest BCUT2D eigenvalue weighted by atomic mass is 16.6. The van der Waals surface area contributed by atoms with E-state index in [-0.39, 0.29) is 30.8 Å². The Morgan fingerprint density at radius 1 is 0.700 bits per heavy atom. The molecule has 0 spiro atoms. The Morgan fingerprint density at radius 3 is 1.63 bits per heavy atom. The van der Waals surface area contributed by atoms with E-state index in [1.807, 2.05) is 0 Å². The van der Waals surface area contributed by atoms with Crippen LogP contribution >= 0.6 is 0 Å². The summed E-state index contributed by atoms with van der Waals surface area (Å²) < 4.78 is 11.5. The number of carbonyl (C=O) groups excluding carboxylic acids is 2. The molecule has 0 radical (unpaired) electrons. The number of hydrogen-bond donors (Lipinski definition) is 0. The maximum Gasteiger partial charge on any atom is 0.0842 e. The summed E-state index contributed by atoms with van der Waals surface area (Å²) in [5, 5.41) is 22.9. The largest absolute Gasteiger partial charge is 0.550 e. The number of hydrogen-bond acceptors (Lipinski definition) is 6. The fraction of sp³-hybridized carbons (Fsp3) is 0.917. The molecule has 0 amide bonds. The molecular weight excluding hydrogens is 384 g/mol. The molecule has 0 aromatic carbocycles. The number of carbonyl (C=O) groups is 2. The molecule has 174 valence electrons. The average molecular weight is 425 g/mol. The molecule has 4 unspecified atom stereocenters. The summed E-state index contributed by atoms with van der Waals surface area (Å²) in [6.45, 7) is 4.32. The van der Waals surface area contributed by atoms with Gasteiger partial charge < -0.3 is 29.3 Å². The van der Waals surface area contributed by atoms with Crippen LogP contribution < -0.4 is 10.2 Å². The van der Waals surface area contributed by atoms with Crippen LogP contribution in [0.5, 0.6) is 0 Å². The molecule has 0 aliphatic carbocycles. The van der Waals surface area contributed by atoms with Gasteiger partial charge in [0.05, 0.1) is 24.4 Å². The van der Waals surface area contributed by atoms with Crippen LogP contribution in [0, 0.1) is 5.41 Å². The van der Waals surface area contributed by atoms with Gasteiger partial charge in [-0.15, -0.1) is 0 Å². The highest BCUT2D eigenvalue weighted by molar-refractivity contribution is 5.72. The Bertz CT molecular complexity index is 508. The number of unbranched alkanes of at least 4 members (excludes halogenated alkanes) is 4. The van der Waals surface area contributed by atoms with Crippen LogP contribution in [0.4, 0.5) is 0 Å². The zero-order valence-electron chi connectivity index (χ0n) is 18.9. The van der Waals surface area contributed by atoms with Gasteiger partial charge in [-0.3, -0.25) is 0 Å². The number of aliphatic carboxylic acids is 2. The van der Waals surface area contributed by atoms with Crippen molar-refractivity contribution in [3.05, 3.63) is 0 Å². The molecule has 0 N–H and O–H groups in total. The molecular formula is C24H40O6-2. The molecule has 6 nitrogen and oxygen atoms in total. The number of rotatable bonds is 19. The number of ether oxygens (including phenoxy) is 2. The predicted octanol–water partition coefficient (Wildman–Crippen LogP) is 2.90. The smallest absolute Gasteiger partial charge is 0.0842 e. The van der Waals surface area contributed by atoms with Gasteiger partial charge in [0.2, 0.25) is 0 Å². The normalized spacial score (nSPS) is 26.9. The first-order valence-corrected chi connectivity index (χ1v) is 12.1. The molecule has 2 aliphatic heterocycles. The lowest BCUT2D eigenvalue weighted by Crippen LogP contribution is -2.43. The SMILES string of the molecule is CCCCC1OC1CCC(CCCCCC(=O)[O-])(CCC1OC1CCCC)C(=O)[O-]. The van der Waals surface area contributed by atoms with Crippen molar-refractivity contribution in [3.8, 4) is 0 Å². The topological polar surface area (TPSA) is 105 Å². The van der Waals surface area contributed by atoms with Crippen molar-refractivity contribution in [2.45, 2.75) is 135 Å². The van der Waals surface area contributed by atoms with E-state index in [1.165, 1.54) is 0 Å². The van der Waals surface area contributed by atoms with E-state index in [0.717, 1.165) is 51.4 Å². The molecule has 6 heteroatoms. The van der Waals surface area contributed by atoms with Crippen LogP contribution in [0.15, 0.2) is 0 Å². The van der Waals surface area contributed by atoms with Crippen LogP contribution in [-0.2, 0) is 19.1 Å². The van der Waals surface area contributed by atoms with E-state index in [4.69, 9.17) is 9.47 Å². The summed E-state index contributed by atoms with van der Waals surface area (Å²) in [7, 11) is 0. The third kappa shape index (κ3) is 8.54. The summed E-state index contributed by atoms with van der Waals surface area (Å²) in [6, 6.07) is 0. The van der Waals surface area contributed by atoms with Crippen LogP contribution in [0.25, 0.3) is 0 Å². The maximum atomic E-state index is 12.3. The highest BCUT2D eigenvalue weighted by Gasteiger charge is 2.43. The molecule has 0 aromatic rings. The van der Waals surface area contributed by atoms with E-state index in [9.17, 15) is 19.8 Å². The second-order valence-electron chi connectivity index (χ2n) is 9.29. The van der Waals surface area contributed by atoms with Gasteiger partial charge >= 0.3 is 0 Å². The fourth-order valence-electron chi connectivity index (χ4n) is 4.61. The van der Waals surface area contributed by atoms with Crippen LogP contribution in [0.3, 0.4) is 0 Å². The second-order valence-corrected chi connectivity index (χ2v) is 9.29. The first kappa shape index (κ1) is 25.1. The second kappa shape index (κ2) is 12.7. The van der Waals surface area contributed by atoms with Gasteiger partial charge in [0, 0.05) is 17.4 Å². The standard InChI is InChI=1S/C24H42O6/c1-3-5-10-18-20(29-18)13-16-24(23(27)28,15-9-7-8-12-22(25)26)17-14-21-19(30-21)11-6-4-2/h18-21H,3-17H2,1-2H3,(H,25,26)(H,27,28)/p-2. The van der Waals surface area contributed by atoms with Crippen LogP contribution in [-0.4, -0.2) is 36.4 Å². The van der Waals surface area contributed by atoms with Gasteiger partial charge in [0.1, 0.15) is 0 Å². The zero-order chi connectivity index (χ0) is 22.0. The van der Waals surface area contributed by atoms with Gasteiger partial charge in [-0.05, 0) is 57.8 Å². The van der Waals surface area contributed by atoms with Gasteiger partial charge in [-0.2, -0.15) is 0 Å². The number of carboxylic acid groups (broad SMARTS) is 2. The Balaban J connectivity index is 1.85. The van der Waals surface area contributed by atoms with E-state index in [2.05, 4.69) is 13.8 Å². The van der Waals surface area contributed by atoms with Gasteiger partial charge in [-0.25, -0.2) is 0 Å². The minimum absolute atomic E-state index is 0.0301. The molecule has 2 heterocycles. The van der Waals surface area contributed by atoms with Crippen molar-refractivity contribution >= 4 is 11.9 Å². The summed E-state index contributed by atoms with van der Waals surface area (Å²) in [6.07, 6.45) is 12.7. The van der Waals surface area contributed by atoms with Gasteiger partial charge in [0.25, 0.3) is 0 Å². The van der Waals surface area contributed by atoms with E-state index >= 15 is 0 Å². The van der Waals surface area contributed by atoms with E-state index < -0.39 is 17.4 Å². The molecule has 2 fully saturated rings. The molecule has 0 saturated carbocycles. The summed E-state index contributed by atoms with van der Waals surface area (Å²) in [5.41, 5.74) is -0.871. The Hall–Kier alpha value is -1.14. The summed E-state index contributed by atoms with van der Waals surface area (Å²) >= 11 is 0. The first-order valence-electron chi connectivity index (χ1n) is 12.1. The third-order valence-corrected chi connectivity index (χ3v) is 6.84. The quantitative estimate of drug-likeness (QED) is 0.233. The predicted molar refractivity (Wildman–Crippen MR) is 110 cm³/mol. The van der Waals surface area contributed by atoms with E-state index in [0.29, 0.717) is 38.5 Å². The molecule has 0 aromatic heterocycles. The molecule has 2 aliphatic rings. The van der Waals surface area contributed by atoms with Crippen LogP contribution in [0.1, 0.15) is 110 Å². The fourth-order valence-corrected chi connectivity index (χ4v) is 4.61. The minimum atomic E-state index is -1.05. The number of carboxylic acids is 2. The summed E-state index contributed by atoms with van der Waals surface area (Å²) in [5.74, 6) is -2.02. The minimum Gasteiger partial charge on any atom is -0.550 e. The molecule has 2 rings (SSSR count). The monoisotopic (exact) mass is 424 g/mol. The Kier molecular flexibility index (Phi) is 10.6. The molecule has 0 bridgehead atoms. The van der Waals surface area contributed by atoms with Crippen molar-refractivity contribution in [1.29, 1.82) is 0 Å². The molecule has 4 atom stereocenters. The first-order chi connectivity index (χ1) is 14.4. The molecule has 30 heavy (non-hydrogen) atoms. The zero-order valence-corrected chi connectivity index (χ0v) is 18.9. The van der Waals surface area contributed by atoms with Crippen molar-refractivity contribution in [3.63, 3.8) is 0 Å². The molecule has 2 saturated heterocycles. The Labute approximate surface area is 181 Å². The number of epoxide rings is 2. The van der Waals surface area contributed by atoms with Crippen molar-refractivity contribution in [2.75, 3.05) is 0 Å². The van der Waals surface area contributed by atoms with Crippen molar-refractivity contribution < 1.29 is 29.3 Å². The van der Waals surface area contributed by atoms with Crippen molar-refractivity contribution in [1.82, 2.24) is 0 Å². The lowest BCUT2D eigenvalue weighted by molar-refractivity contribution is -0.321. The summed E-state index contributed by atoms with van der Waals surface area (Å²) in [4.78, 5) is 22.9. The highest BCUT2D eigenvalue weighted by Crippen LogP contribution is 2.42. The van der Waals surface area contributed by atoms with Crippen LogP contribution in [0.2, 0.25) is 0 Å². The third-order valence-electron chi connectivity index (χ3n) is 6.84. The maximum absolute atomic E-state index is 12.3. The van der Waals surface area contributed by atoms with Crippen molar-refractivity contribution in [2.24, 2.45) is 5.41 Å². The average Bonchev–Trinajstić information content (AvgIpc) is 3.62. The lowest BCUT2D eigenvalue weighted by atomic mass is 9.74.